The minimum absolute atomic E-state index is 0.0198. The van der Waals surface area contributed by atoms with E-state index in [2.05, 4.69) is 5.32 Å². The van der Waals surface area contributed by atoms with Crippen LogP contribution in [0.15, 0.2) is 18.2 Å². The molecule has 0 bridgehead atoms. The molecule has 0 amide bonds. The maximum absolute atomic E-state index is 13.6. The Balaban J connectivity index is 1.97. The number of carbonyl (C=O) groups is 1. The Labute approximate surface area is 116 Å². The van der Waals surface area contributed by atoms with Crippen LogP contribution < -0.4 is 5.32 Å². The monoisotopic (exact) mass is 301 g/mol. The minimum Gasteiger partial charge on any atom is -0.478 e. The van der Waals surface area contributed by atoms with Crippen molar-refractivity contribution in [2.24, 2.45) is 0 Å². The van der Waals surface area contributed by atoms with Gasteiger partial charge >= 0.3 is 5.97 Å². The van der Waals surface area contributed by atoms with Gasteiger partial charge in [0.2, 0.25) is 0 Å². The molecule has 0 aliphatic carbocycles. The van der Waals surface area contributed by atoms with Crippen molar-refractivity contribution in [2.45, 2.75) is 25.4 Å². The van der Waals surface area contributed by atoms with Gasteiger partial charge in [-0.2, -0.15) is 0 Å². The fourth-order valence-electron chi connectivity index (χ4n) is 2.19. The van der Waals surface area contributed by atoms with E-state index in [1.807, 2.05) is 0 Å². The maximum atomic E-state index is 13.6. The fraction of sp³-hybridized carbons (Fsp3) is 0.462. The number of hydrogen-bond donors (Lipinski definition) is 2. The first-order valence-corrected chi connectivity index (χ1v) is 8.15. The van der Waals surface area contributed by atoms with Gasteiger partial charge in [0.1, 0.15) is 15.7 Å². The average molecular weight is 301 g/mol. The van der Waals surface area contributed by atoms with Crippen LogP contribution in [-0.2, 0) is 16.4 Å². The maximum Gasteiger partial charge on any atom is 0.335 e. The SMILES string of the molecule is O=C(O)c1ccc(F)c(CNC2CCS(=O)(=O)CC2)c1. The van der Waals surface area contributed by atoms with E-state index in [0.29, 0.717) is 12.8 Å². The number of sulfone groups is 1. The van der Waals surface area contributed by atoms with Gasteiger partial charge in [-0.25, -0.2) is 17.6 Å². The lowest BCUT2D eigenvalue weighted by Gasteiger charge is -2.23. The van der Waals surface area contributed by atoms with Crippen LogP contribution in [0.5, 0.6) is 0 Å². The largest absolute Gasteiger partial charge is 0.478 e. The Hall–Kier alpha value is -1.47. The highest BCUT2D eigenvalue weighted by molar-refractivity contribution is 7.91. The topological polar surface area (TPSA) is 83.5 Å². The van der Waals surface area contributed by atoms with E-state index in [-0.39, 0.29) is 35.2 Å². The smallest absolute Gasteiger partial charge is 0.335 e. The van der Waals surface area contributed by atoms with Gasteiger partial charge in [-0.3, -0.25) is 0 Å². The van der Waals surface area contributed by atoms with Gasteiger partial charge in [0.05, 0.1) is 17.1 Å². The summed E-state index contributed by atoms with van der Waals surface area (Å²) < 4.78 is 36.2. The second kappa shape index (κ2) is 5.88. The highest BCUT2D eigenvalue weighted by Crippen LogP contribution is 2.15. The summed E-state index contributed by atoms with van der Waals surface area (Å²) in [7, 11) is -2.92. The number of carboxylic acids is 1. The highest BCUT2D eigenvalue weighted by Gasteiger charge is 2.23. The first kappa shape index (κ1) is 14.9. The average Bonchev–Trinajstić information content (AvgIpc) is 2.39. The molecule has 0 unspecified atom stereocenters. The molecule has 7 heteroatoms. The molecule has 1 aliphatic heterocycles. The lowest BCUT2D eigenvalue weighted by atomic mass is 10.1. The van der Waals surface area contributed by atoms with Crippen LogP contribution in [0.3, 0.4) is 0 Å². The molecule has 0 saturated carbocycles. The van der Waals surface area contributed by atoms with Crippen LogP contribution in [0.1, 0.15) is 28.8 Å². The van der Waals surface area contributed by atoms with E-state index in [1.54, 1.807) is 0 Å². The first-order chi connectivity index (χ1) is 9.37. The highest BCUT2D eigenvalue weighted by atomic mass is 32.2. The third-order valence-electron chi connectivity index (χ3n) is 3.43. The molecule has 0 spiro atoms. The molecule has 2 rings (SSSR count). The molecule has 20 heavy (non-hydrogen) atoms. The molecule has 0 aromatic heterocycles. The third-order valence-corrected chi connectivity index (χ3v) is 5.14. The molecule has 5 nitrogen and oxygen atoms in total. The van der Waals surface area contributed by atoms with Crippen molar-refractivity contribution in [3.8, 4) is 0 Å². The van der Waals surface area contributed by atoms with E-state index in [9.17, 15) is 17.6 Å². The standard InChI is InChI=1S/C13H16FNO4S/c14-12-2-1-9(13(16)17)7-10(12)8-15-11-3-5-20(18,19)6-4-11/h1-2,7,11,15H,3-6,8H2,(H,16,17). The van der Waals surface area contributed by atoms with Crippen LogP contribution in [0.2, 0.25) is 0 Å². The van der Waals surface area contributed by atoms with Gasteiger partial charge in [-0.15, -0.1) is 0 Å². The lowest BCUT2D eigenvalue weighted by Crippen LogP contribution is -2.37. The molecular formula is C13H16FNO4S. The van der Waals surface area contributed by atoms with Crippen molar-refractivity contribution in [1.29, 1.82) is 0 Å². The molecule has 1 aromatic rings. The molecule has 110 valence electrons. The summed E-state index contributed by atoms with van der Waals surface area (Å²) >= 11 is 0. The summed E-state index contributed by atoms with van der Waals surface area (Å²) in [4.78, 5) is 10.8. The van der Waals surface area contributed by atoms with Gasteiger partial charge in [0.15, 0.2) is 0 Å². The molecule has 1 heterocycles. The van der Waals surface area contributed by atoms with Crippen molar-refractivity contribution in [3.05, 3.63) is 35.1 Å². The van der Waals surface area contributed by atoms with Crippen molar-refractivity contribution in [2.75, 3.05) is 11.5 Å². The van der Waals surface area contributed by atoms with Gasteiger partial charge in [0, 0.05) is 18.2 Å². The van der Waals surface area contributed by atoms with Crippen LogP contribution in [0.4, 0.5) is 4.39 Å². The van der Waals surface area contributed by atoms with Crippen LogP contribution >= 0.6 is 0 Å². The lowest BCUT2D eigenvalue weighted by molar-refractivity contribution is 0.0696. The Morgan fingerprint density at radius 2 is 2.00 bits per heavy atom. The second-order valence-corrected chi connectivity index (χ2v) is 7.22. The molecule has 2 N–H and O–H groups in total. The van der Waals surface area contributed by atoms with Gasteiger partial charge in [0.25, 0.3) is 0 Å². The van der Waals surface area contributed by atoms with E-state index in [4.69, 9.17) is 5.11 Å². The van der Waals surface area contributed by atoms with Gasteiger partial charge in [-0.1, -0.05) is 0 Å². The summed E-state index contributed by atoms with van der Waals surface area (Å²) in [5, 5.41) is 12.0. The van der Waals surface area contributed by atoms with Crippen LogP contribution in [0.25, 0.3) is 0 Å². The summed E-state index contributed by atoms with van der Waals surface area (Å²) in [5.41, 5.74) is 0.313. The zero-order valence-electron chi connectivity index (χ0n) is 10.8. The molecule has 0 radical (unpaired) electrons. The van der Waals surface area contributed by atoms with E-state index in [0.717, 1.165) is 6.07 Å². The number of halogens is 1. The predicted octanol–water partition coefficient (Wildman–Crippen LogP) is 1.19. The number of carboxylic acid groups (broad SMARTS) is 1. The number of nitrogens with one attached hydrogen (secondary N) is 1. The van der Waals surface area contributed by atoms with Crippen molar-refractivity contribution < 1.29 is 22.7 Å². The van der Waals surface area contributed by atoms with Gasteiger partial charge < -0.3 is 10.4 Å². The number of aromatic carboxylic acids is 1. The molecule has 1 saturated heterocycles. The Kier molecular flexibility index (Phi) is 4.39. The van der Waals surface area contributed by atoms with Crippen molar-refractivity contribution >= 4 is 15.8 Å². The summed E-state index contributed by atoms with van der Waals surface area (Å²) in [5.74, 6) is -1.29. The quantitative estimate of drug-likeness (QED) is 0.873. The van der Waals surface area contributed by atoms with E-state index >= 15 is 0 Å². The Morgan fingerprint density at radius 1 is 1.35 bits per heavy atom. The van der Waals surface area contributed by atoms with Gasteiger partial charge in [-0.05, 0) is 31.0 Å². The van der Waals surface area contributed by atoms with E-state index < -0.39 is 21.6 Å². The third kappa shape index (κ3) is 3.77. The van der Waals surface area contributed by atoms with Crippen molar-refractivity contribution in [3.63, 3.8) is 0 Å². The molecule has 1 aliphatic rings. The molecule has 1 aromatic carbocycles. The molecule has 0 atom stereocenters. The summed E-state index contributed by atoms with van der Waals surface area (Å²) in [6, 6.07) is 3.66. The van der Waals surface area contributed by atoms with E-state index in [1.165, 1.54) is 12.1 Å². The summed E-state index contributed by atoms with van der Waals surface area (Å²) in [6.07, 6.45) is 1.01. The minimum atomic E-state index is -2.92. The fourth-order valence-corrected chi connectivity index (χ4v) is 3.68. The zero-order valence-corrected chi connectivity index (χ0v) is 11.6. The molecule has 1 fully saturated rings. The number of benzene rings is 1. The first-order valence-electron chi connectivity index (χ1n) is 6.33. The summed E-state index contributed by atoms with van der Waals surface area (Å²) in [6.45, 7) is 0.192. The van der Waals surface area contributed by atoms with Crippen LogP contribution in [-0.4, -0.2) is 37.0 Å². The molecular weight excluding hydrogens is 285 g/mol. The second-order valence-electron chi connectivity index (χ2n) is 4.92. The zero-order chi connectivity index (χ0) is 14.8. The van der Waals surface area contributed by atoms with Crippen molar-refractivity contribution in [1.82, 2.24) is 5.32 Å². The number of rotatable bonds is 4. The Bertz CT molecular complexity index is 601. The van der Waals surface area contributed by atoms with Crippen LogP contribution in [0, 0.1) is 5.82 Å². The normalized spacial score (nSPS) is 18.9. The predicted molar refractivity (Wildman–Crippen MR) is 71.9 cm³/mol. The number of hydrogen-bond acceptors (Lipinski definition) is 4. The Morgan fingerprint density at radius 3 is 2.60 bits per heavy atom.